The second kappa shape index (κ2) is 7.56. The van der Waals surface area contributed by atoms with Crippen molar-refractivity contribution in [1.29, 1.82) is 0 Å². The Morgan fingerprint density at radius 3 is 3.00 bits per heavy atom. The van der Waals surface area contributed by atoms with Crippen molar-refractivity contribution in [3.63, 3.8) is 0 Å². The molecule has 1 aliphatic heterocycles. The Kier molecular flexibility index (Phi) is 5.76. The van der Waals surface area contributed by atoms with Gasteiger partial charge in [0.2, 0.25) is 5.91 Å². The van der Waals surface area contributed by atoms with Crippen LogP contribution in [0.25, 0.3) is 0 Å². The van der Waals surface area contributed by atoms with Crippen molar-refractivity contribution in [2.24, 2.45) is 0 Å². The first-order valence-corrected chi connectivity index (χ1v) is 7.70. The van der Waals surface area contributed by atoms with Gasteiger partial charge >= 0.3 is 5.97 Å². The van der Waals surface area contributed by atoms with Crippen molar-refractivity contribution in [2.75, 3.05) is 39.8 Å². The molecule has 21 heavy (non-hydrogen) atoms. The van der Waals surface area contributed by atoms with Crippen LogP contribution in [0.15, 0.2) is 11.8 Å². The molecule has 0 aromatic carbocycles. The summed E-state index contributed by atoms with van der Waals surface area (Å²) in [6.07, 6.45) is 5.25. The van der Waals surface area contributed by atoms with Crippen molar-refractivity contribution in [3.8, 4) is 0 Å². The van der Waals surface area contributed by atoms with Crippen molar-refractivity contribution < 1.29 is 14.3 Å². The molecule has 1 amide bonds. The van der Waals surface area contributed by atoms with E-state index in [0.29, 0.717) is 19.7 Å². The van der Waals surface area contributed by atoms with Gasteiger partial charge in [0.1, 0.15) is 6.04 Å². The Bertz CT molecular complexity index is 422. The molecule has 1 unspecified atom stereocenters. The number of hydrogen-bond donors (Lipinski definition) is 1. The maximum Gasteiger partial charge on any atom is 0.324 e. The van der Waals surface area contributed by atoms with E-state index in [1.165, 1.54) is 0 Å². The van der Waals surface area contributed by atoms with Gasteiger partial charge in [0.25, 0.3) is 0 Å². The zero-order chi connectivity index (χ0) is 15.2. The maximum absolute atomic E-state index is 12.4. The molecule has 2 aliphatic rings. The van der Waals surface area contributed by atoms with Crippen molar-refractivity contribution >= 4 is 11.9 Å². The van der Waals surface area contributed by atoms with E-state index in [-0.39, 0.29) is 24.5 Å². The largest absolute Gasteiger partial charge is 0.465 e. The predicted molar refractivity (Wildman–Crippen MR) is 79.6 cm³/mol. The highest BCUT2D eigenvalue weighted by Crippen LogP contribution is 2.20. The van der Waals surface area contributed by atoms with E-state index in [9.17, 15) is 9.59 Å². The summed E-state index contributed by atoms with van der Waals surface area (Å²) >= 11 is 0. The lowest BCUT2D eigenvalue weighted by molar-refractivity contribution is -0.151. The number of likely N-dealkylation sites (N-methyl/N-ethyl adjacent to an activating group) is 1. The Labute approximate surface area is 126 Å². The predicted octanol–water partition coefficient (Wildman–Crippen LogP) is 0.350. The number of carbonyl (C=O) groups is 2. The van der Waals surface area contributed by atoms with Crippen LogP contribution < -0.4 is 5.32 Å². The fraction of sp³-hybridized carbons (Fsp3) is 0.733. The summed E-state index contributed by atoms with van der Waals surface area (Å²) in [6, 6.07) is -0.367. The number of carbonyl (C=O) groups excluding carboxylic acids is 2. The molecule has 1 atom stereocenters. The quantitative estimate of drug-likeness (QED) is 0.742. The van der Waals surface area contributed by atoms with Crippen molar-refractivity contribution in [2.45, 2.75) is 32.2 Å². The van der Waals surface area contributed by atoms with Gasteiger partial charge in [-0.25, -0.2) is 0 Å². The number of piperazine rings is 1. The highest BCUT2D eigenvalue weighted by molar-refractivity contribution is 5.82. The Morgan fingerprint density at radius 2 is 2.33 bits per heavy atom. The molecule has 1 saturated heterocycles. The number of rotatable bonds is 5. The Morgan fingerprint density at radius 1 is 1.52 bits per heavy atom. The normalized spacial score (nSPS) is 22.8. The number of hydrogen-bond acceptors (Lipinski definition) is 5. The first-order valence-electron chi connectivity index (χ1n) is 7.70. The maximum atomic E-state index is 12.4. The number of ether oxygens (including phenoxy) is 1. The van der Waals surface area contributed by atoms with E-state index in [1.807, 2.05) is 11.9 Å². The van der Waals surface area contributed by atoms with E-state index in [2.05, 4.69) is 11.4 Å². The minimum absolute atomic E-state index is 0.0411. The molecule has 0 aromatic heterocycles. The highest BCUT2D eigenvalue weighted by Gasteiger charge is 2.32. The first-order chi connectivity index (χ1) is 10.1. The number of allylic oxidation sites excluding steroid dienone is 2. The average Bonchev–Trinajstić information content (AvgIpc) is 3.01. The number of esters is 1. The van der Waals surface area contributed by atoms with Crippen LogP contribution in [0.4, 0.5) is 0 Å². The molecule has 0 spiro atoms. The highest BCUT2D eigenvalue weighted by atomic mass is 16.5. The summed E-state index contributed by atoms with van der Waals surface area (Å²) in [6.45, 7) is 4.43. The van der Waals surface area contributed by atoms with Gasteiger partial charge < -0.3 is 15.0 Å². The minimum atomic E-state index is -0.367. The molecule has 0 radical (unpaired) electrons. The molecule has 0 aromatic rings. The van der Waals surface area contributed by atoms with Gasteiger partial charge in [-0.1, -0.05) is 6.08 Å². The van der Waals surface area contributed by atoms with Gasteiger partial charge in [-0.3, -0.25) is 14.5 Å². The zero-order valence-electron chi connectivity index (χ0n) is 12.9. The van der Waals surface area contributed by atoms with E-state index in [1.54, 1.807) is 11.8 Å². The lowest BCUT2D eigenvalue weighted by Gasteiger charge is -2.34. The van der Waals surface area contributed by atoms with Crippen LogP contribution in [-0.4, -0.2) is 67.6 Å². The van der Waals surface area contributed by atoms with Gasteiger partial charge in [0.05, 0.1) is 13.2 Å². The smallest absolute Gasteiger partial charge is 0.324 e. The number of amides is 1. The summed E-state index contributed by atoms with van der Waals surface area (Å²) in [5.41, 5.74) is 1.10. The van der Waals surface area contributed by atoms with Crippen LogP contribution in [0.5, 0.6) is 0 Å². The lowest BCUT2D eigenvalue weighted by Crippen LogP contribution is -2.57. The molecule has 2 rings (SSSR count). The Hall–Kier alpha value is -1.40. The fourth-order valence-electron chi connectivity index (χ4n) is 2.81. The van der Waals surface area contributed by atoms with Gasteiger partial charge in [-0.05, 0) is 26.2 Å². The molecule has 6 nitrogen and oxygen atoms in total. The van der Waals surface area contributed by atoms with Crippen molar-refractivity contribution in [1.82, 2.24) is 15.1 Å². The molecule has 0 bridgehead atoms. The number of nitrogens with one attached hydrogen (secondary N) is 1. The molecule has 1 fully saturated rings. The zero-order valence-corrected chi connectivity index (χ0v) is 12.9. The third-order valence-corrected chi connectivity index (χ3v) is 4.07. The molecule has 118 valence electrons. The van der Waals surface area contributed by atoms with E-state index >= 15 is 0 Å². The summed E-state index contributed by atoms with van der Waals surface area (Å²) < 4.78 is 5.10. The van der Waals surface area contributed by atoms with Gasteiger partial charge in [0.15, 0.2) is 0 Å². The van der Waals surface area contributed by atoms with Crippen molar-refractivity contribution in [3.05, 3.63) is 11.8 Å². The van der Waals surface area contributed by atoms with Crippen LogP contribution in [0.2, 0.25) is 0 Å². The van der Waals surface area contributed by atoms with E-state index in [4.69, 9.17) is 4.74 Å². The Balaban J connectivity index is 1.94. The number of nitrogens with zero attached hydrogens (tertiary/aromatic N) is 2. The molecular weight excluding hydrogens is 270 g/mol. The standard InChI is InChI=1S/C15H25N3O3/c1-3-21-15(20)13-10-16-8-9-18(13)11-14(19)17(2)12-6-4-5-7-12/h6,13,16H,3-5,7-11H2,1-2H3. The van der Waals surface area contributed by atoms with Gasteiger partial charge in [0, 0.05) is 32.4 Å². The molecule has 6 heteroatoms. The van der Waals surface area contributed by atoms with Crippen LogP contribution in [-0.2, 0) is 14.3 Å². The van der Waals surface area contributed by atoms with E-state index in [0.717, 1.165) is 31.5 Å². The SMILES string of the molecule is CCOC(=O)C1CNCCN1CC(=O)N(C)C1=CCCC1. The van der Waals surface area contributed by atoms with Crippen LogP contribution in [0.3, 0.4) is 0 Å². The van der Waals surface area contributed by atoms with E-state index < -0.39 is 0 Å². The topological polar surface area (TPSA) is 61.9 Å². The summed E-state index contributed by atoms with van der Waals surface area (Å²) in [5.74, 6) is -0.209. The summed E-state index contributed by atoms with van der Waals surface area (Å²) in [4.78, 5) is 28.0. The summed E-state index contributed by atoms with van der Waals surface area (Å²) in [7, 11) is 1.82. The second-order valence-electron chi connectivity index (χ2n) is 5.48. The molecule has 1 N–H and O–H groups in total. The first kappa shape index (κ1) is 16.0. The average molecular weight is 295 g/mol. The lowest BCUT2D eigenvalue weighted by atomic mass is 10.2. The summed E-state index contributed by atoms with van der Waals surface area (Å²) in [5, 5.41) is 3.18. The molecule has 1 aliphatic carbocycles. The third-order valence-electron chi connectivity index (χ3n) is 4.07. The van der Waals surface area contributed by atoms with Crippen LogP contribution in [0.1, 0.15) is 26.2 Å². The van der Waals surface area contributed by atoms with Gasteiger partial charge in [-0.15, -0.1) is 0 Å². The van der Waals surface area contributed by atoms with Gasteiger partial charge in [-0.2, -0.15) is 0 Å². The fourth-order valence-corrected chi connectivity index (χ4v) is 2.81. The molecular formula is C15H25N3O3. The third kappa shape index (κ3) is 4.04. The molecule has 0 saturated carbocycles. The van der Waals surface area contributed by atoms with Crippen LogP contribution >= 0.6 is 0 Å². The second-order valence-corrected chi connectivity index (χ2v) is 5.48. The van der Waals surface area contributed by atoms with Crippen LogP contribution in [0, 0.1) is 0 Å². The monoisotopic (exact) mass is 295 g/mol. The minimum Gasteiger partial charge on any atom is -0.465 e. The molecule has 1 heterocycles.